The first-order valence-electron chi connectivity index (χ1n) is 5.85. The number of rotatable bonds is 4. The van der Waals surface area contributed by atoms with Gasteiger partial charge in [0, 0.05) is 12.6 Å². The van der Waals surface area contributed by atoms with E-state index in [1.807, 2.05) is 6.92 Å². The summed E-state index contributed by atoms with van der Waals surface area (Å²) >= 11 is 0. The molecule has 1 aromatic heterocycles. The van der Waals surface area contributed by atoms with Gasteiger partial charge in [0.15, 0.2) is 11.6 Å². The minimum Gasteiger partial charge on any atom is -0.279 e. The Hall–Kier alpha value is -1.96. The molecule has 0 aliphatic carbocycles. The summed E-state index contributed by atoms with van der Waals surface area (Å²) in [6.07, 6.45) is 1.22. The van der Waals surface area contributed by atoms with Crippen molar-refractivity contribution in [1.82, 2.24) is 9.78 Å². The summed E-state index contributed by atoms with van der Waals surface area (Å²) in [6.45, 7) is 3.99. The van der Waals surface area contributed by atoms with E-state index in [9.17, 15) is 17.2 Å². The highest BCUT2D eigenvalue weighted by Crippen LogP contribution is 2.20. The number of anilines is 1. The molecule has 2 aromatic rings. The quantitative estimate of drug-likeness (QED) is 0.942. The molecule has 0 saturated carbocycles. The Morgan fingerprint density at radius 2 is 2.00 bits per heavy atom. The highest BCUT2D eigenvalue weighted by atomic mass is 32.2. The molecule has 20 heavy (non-hydrogen) atoms. The molecule has 0 fully saturated rings. The molecule has 108 valence electrons. The van der Waals surface area contributed by atoms with Crippen LogP contribution >= 0.6 is 0 Å². The molecule has 0 aliphatic heterocycles. The van der Waals surface area contributed by atoms with Crippen molar-refractivity contribution in [1.29, 1.82) is 0 Å². The van der Waals surface area contributed by atoms with E-state index in [-0.39, 0.29) is 10.6 Å². The molecule has 0 unspecified atom stereocenters. The average molecular weight is 301 g/mol. The highest BCUT2D eigenvalue weighted by Gasteiger charge is 2.21. The second-order valence-electron chi connectivity index (χ2n) is 4.14. The van der Waals surface area contributed by atoms with Gasteiger partial charge in [-0.2, -0.15) is 5.10 Å². The molecule has 0 amide bonds. The molecule has 0 saturated heterocycles. The van der Waals surface area contributed by atoms with E-state index in [4.69, 9.17) is 0 Å². The van der Waals surface area contributed by atoms with Crippen LogP contribution < -0.4 is 4.72 Å². The van der Waals surface area contributed by atoms with Crippen molar-refractivity contribution in [3.63, 3.8) is 0 Å². The Morgan fingerprint density at radius 3 is 2.55 bits per heavy atom. The van der Waals surface area contributed by atoms with Crippen molar-refractivity contribution in [2.75, 3.05) is 4.72 Å². The molecule has 8 heteroatoms. The zero-order chi connectivity index (χ0) is 14.9. The molecule has 0 aliphatic rings. The van der Waals surface area contributed by atoms with E-state index in [1.165, 1.54) is 10.9 Å². The number of aromatic nitrogens is 2. The number of aryl methyl sites for hydroxylation is 1. The lowest BCUT2D eigenvalue weighted by Crippen LogP contribution is -2.14. The third-order valence-corrected chi connectivity index (χ3v) is 4.30. The number of hydrogen-bond donors (Lipinski definition) is 1. The maximum atomic E-state index is 13.1. The van der Waals surface area contributed by atoms with Gasteiger partial charge in [-0.05, 0) is 26.0 Å². The summed E-state index contributed by atoms with van der Waals surface area (Å²) in [7, 11) is -3.89. The van der Waals surface area contributed by atoms with Crippen molar-refractivity contribution >= 4 is 15.7 Å². The average Bonchev–Trinajstić information content (AvgIpc) is 2.75. The van der Waals surface area contributed by atoms with Gasteiger partial charge in [-0.1, -0.05) is 0 Å². The van der Waals surface area contributed by atoms with Gasteiger partial charge >= 0.3 is 0 Å². The fraction of sp³-hybridized carbons (Fsp3) is 0.250. The fourth-order valence-electron chi connectivity index (χ4n) is 1.78. The van der Waals surface area contributed by atoms with Gasteiger partial charge in [0.05, 0.1) is 17.6 Å². The van der Waals surface area contributed by atoms with Crippen LogP contribution in [0.4, 0.5) is 14.5 Å². The monoisotopic (exact) mass is 301 g/mol. The van der Waals surface area contributed by atoms with Crippen LogP contribution in [-0.4, -0.2) is 18.2 Å². The molecule has 5 nitrogen and oxygen atoms in total. The van der Waals surface area contributed by atoms with Gasteiger partial charge in [0.2, 0.25) is 0 Å². The number of hydrogen-bond acceptors (Lipinski definition) is 3. The molecule has 1 aromatic carbocycles. The van der Waals surface area contributed by atoms with Crippen molar-refractivity contribution in [3.8, 4) is 0 Å². The predicted molar refractivity (Wildman–Crippen MR) is 69.8 cm³/mol. The molecular formula is C12H13F2N3O2S. The number of nitrogens with zero attached hydrogens (tertiary/aromatic N) is 2. The SMILES string of the molecule is CCn1ncc(S(=O)(=O)Nc2ccc(F)c(F)c2)c1C. The Balaban J connectivity index is 2.35. The lowest BCUT2D eigenvalue weighted by Gasteiger charge is -2.08. The summed E-state index contributed by atoms with van der Waals surface area (Å²) < 4.78 is 53.9. The van der Waals surface area contributed by atoms with Crippen LogP contribution in [0.3, 0.4) is 0 Å². The van der Waals surface area contributed by atoms with E-state index >= 15 is 0 Å². The maximum Gasteiger partial charge on any atom is 0.265 e. The Kier molecular flexibility index (Phi) is 3.76. The third-order valence-electron chi connectivity index (χ3n) is 2.82. The van der Waals surface area contributed by atoms with Gasteiger partial charge in [0.1, 0.15) is 4.90 Å². The first-order valence-corrected chi connectivity index (χ1v) is 7.33. The minimum atomic E-state index is -3.89. The van der Waals surface area contributed by atoms with Crippen LogP contribution in [0.5, 0.6) is 0 Å². The van der Waals surface area contributed by atoms with Crippen molar-refractivity contribution in [2.24, 2.45) is 0 Å². The topological polar surface area (TPSA) is 64.0 Å². The number of sulfonamides is 1. The lowest BCUT2D eigenvalue weighted by molar-refractivity contribution is 0.509. The second kappa shape index (κ2) is 5.20. The Labute approximate surface area is 115 Å². The first-order chi connectivity index (χ1) is 9.35. The molecule has 0 atom stereocenters. The predicted octanol–water partition coefficient (Wildman–Crippen LogP) is 2.29. The molecule has 2 rings (SSSR count). The van der Waals surface area contributed by atoms with E-state index < -0.39 is 21.7 Å². The summed E-state index contributed by atoms with van der Waals surface area (Å²) in [4.78, 5) is 0.00378. The Morgan fingerprint density at radius 1 is 1.30 bits per heavy atom. The fourth-order valence-corrected chi connectivity index (χ4v) is 3.01. The lowest BCUT2D eigenvalue weighted by atomic mass is 10.3. The largest absolute Gasteiger partial charge is 0.279 e. The first kappa shape index (κ1) is 14.4. The van der Waals surface area contributed by atoms with Gasteiger partial charge in [0.25, 0.3) is 10.0 Å². The molecule has 1 heterocycles. The van der Waals surface area contributed by atoms with Crippen molar-refractivity contribution in [2.45, 2.75) is 25.3 Å². The van der Waals surface area contributed by atoms with Gasteiger partial charge in [-0.25, -0.2) is 17.2 Å². The third kappa shape index (κ3) is 2.64. The smallest absolute Gasteiger partial charge is 0.265 e. The van der Waals surface area contributed by atoms with Gasteiger partial charge in [-0.3, -0.25) is 9.40 Å². The number of benzene rings is 1. The van der Waals surface area contributed by atoms with Crippen molar-refractivity contribution in [3.05, 3.63) is 41.7 Å². The van der Waals surface area contributed by atoms with Crippen LogP contribution in [0.1, 0.15) is 12.6 Å². The summed E-state index contributed by atoms with van der Waals surface area (Å²) in [5, 5.41) is 3.94. The van der Waals surface area contributed by atoms with E-state index in [1.54, 1.807) is 6.92 Å². The van der Waals surface area contributed by atoms with Gasteiger partial charge in [-0.15, -0.1) is 0 Å². The van der Waals surface area contributed by atoms with E-state index in [2.05, 4.69) is 9.82 Å². The molecule has 0 bridgehead atoms. The van der Waals surface area contributed by atoms with E-state index in [0.717, 1.165) is 18.2 Å². The Bertz CT molecular complexity index is 741. The van der Waals surface area contributed by atoms with E-state index in [0.29, 0.717) is 12.2 Å². The normalized spacial score (nSPS) is 11.6. The summed E-state index contributed by atoms with van der Waals surface area (Å²) in [5.41, 5.74) is 0.426. The summed E-state index contributed by atoms with van der Waals surface area (Å²) in [6, 6.07) is 2.79. The van der Waals surface area contributed by atoms with Gasteiger partial charge < -0.3 is 0 Å². The summed E-state index contributed by atoms with van der Waals surface area (Å²) in [5.74, 6) is -2.16. The zero-order valence-corrected chi connectivity index (χ0v) is 11.7. The van der Waals surface area contributed by atoms with Crippen LogP contribution in [0.2, 0.25) is 0 Å². The van der Waals surface area contributed by atoms with Crippen molar-refractivity contribution < 1.29 is 17.2 Å². The second-order valence-corrected chi connectivity index (χ2v) is 5.80. The highest BCUT2D eigenvalue weighted by molar-refractivity contribution is 7.92. The number of nitrogens with one attached hydrogen (secondary N) is 1. The number of halogens is 2. The zero-order valence-electron chi connectivity index (χ0n) is 10.9. The maximum absolute atomic E-state index is 13.1. The molecule has 1 N–H and O–H groups in total. The van der Waals surface area contributed by atoms with Crippen LogP contribution in [0, 0.1) is 18.6 Å². The molecule has 0 radical (unpaired) electrons. The standard InChI is InChI=1S/C12H13F2N3O2S/c1-3-17-8(2)12(7-15-17)20(18,19)16-9-4-5-10(13)11(14)6-9/h4-7,16H,3H2,1-2H3. The van der Waals surface area contributed by atoms with Crippen LogP contribution in [0.15, 0.2) is 29.3 Å². The molecule has 0 spiro atoms. The minimum absolute atomic E-state index is 0.00378. The van der Waals surface area contributed by atoms with Crippen LogP contribution in [0.25, 0.3) is 0 Å². The van der Waals surface area contributed by atoms with Crippen LogP contribution in [-0.2, 0) is 16.6 Å². The molecular weight excluding hydrogens is 288 g/mol.